The summed E-state index contributed by atoms with van der Waals surface area (Å²) in [5.41, 5.74) is 1.26. The molecule has 0 amide bonds. The largest absolute Gasteiger partial charge is 0.308 e. The first kappa shape index (κ1) is 12.9. The van der Waals surface area contributed by atoms with Crippen molar-refractivity contribution in [2.45, 2.75) is 37.9 Å². The van der Waals surface area contributed by atoms with Gasteiger partial charge in [0.1, 0.15) is 0 Å². The molecule has 3 rings (SSSR count). The van der Waals surface area contributed by atoms with Crippen LogP contribution in [0.5, 0.6) is 0 Å². The fourth-order valence-corrected chi connectivity index (χ4v) is 3.67. The monoisotopic (exact) mass is 328 g/mol. The van der Waals surface area contributed by atoms with E-state index < -0.39 is 0 Å². The van der Waals surface area contributed by atoms with Gasteiger partial charge in [0.25, 0.3) is 0 Å². The molecule has 2 aliphatic heterocycles. The smallest absolute Gasteiger partial charge is 0.0551 e. The molecular formula is C14H18BrClN2. The van der Waals surface area contributed by atoms with Gasteiger partial charge in [-0.15, -0.1) is 0 Å². The lowest BCUT2D eigenvalue weighted by atomic mass is 10.1. The Balaban J connectivity index is 1.59. The van der Waals surface area contributed by atoms with Crippen LogP contribution < -0.4 is 5.32 Å². The molecule has 2 aliphatic rings. The SMILES string of the molecule is Clc1cc(CNC2CCN3CCCC23)ccc1Br. The summed E-state index contributed by atoms with van der Waals surface area (Å²) in [7, 11) is 0. The number of nitrogens with one attached hydrogen (secondary N) is 1. The Morgan fingerprint density at radius 3 is 3.06 bits per heavy atom. The van der Waals surface area contributed by atoms with Gasteiger partial charge in [-0.2, -0.15) is 0 Å². The van der Waals surface area contributed by atoms with Gasteiger partial charge in [0, 0.05) is 29.6 Å². The summed E-state index contributed by atoms with van der Waals surface area (Å²) in [6.45, 7) is 3.48. The summed E-state index contributed by atoms with van der Waals surface area (Å²) in [5.74, 6) is 0. The van der Waals surface area contributed by atoms with Crippen molar-refractivity contribution in [3.63, 3.8) is 0 Å². The molecule has 2 nitrogen and oxygen atoms in total. The van der Waals surface area contributed by atoms with Crippen LogP contribution in [0.4, 0.5) is 0 Å². The molecule has 2 saturated heterocycles. The first-order valence-corrected chi connectivity index (χ1v) is 7.82. The normalized spacial score (nSPS) is 27.7. The van der Waals surface area contributed by atoms with Crippen molar-refractivity contribution in [1.82, 2.24) is 10.2 Å². The fraction of sp³-hybridized carbons (Fsp3) is 0.571. The number of nitrogens with zero attached hydrogens (tertiary/aromatic N) is 1. The maximum Gasteiger partial charge on any atom is 0.0551 e. The molecule has 98 valence electrons. The van der Waals surface area contributed by atoms with Crippen LogP contribution in [0, 0.1) is 0 Å². The van der Waals surface area contributed by atoms with Crippen molar-refractivity contribution >= 4 is 27.5 Å². The second kappa shape index (κ2) is 5.49. The van der Waals surface area contributed by atoms with Crippen LogP contribution in [0.1, 0.15) is 24.8 Å². The van der Waals surface area contributed by atoms with Crippen LogP contribution >= 0.6 is 27.5 Å². The van der Waals surface area contributed by atoms with E-state index in [9.17, 15) is 0 Å². The van der Waals surface area contributed by atoms with Crippen molar-refractivity contribution < 1.29 is 0 Å². The fourth-order valence-electron chi connectivity index (χ4n) is 3.22. The summed E-state index contributed by atoms with van der Waals surface area (Å²) >= 11 is 9.54. The lowest BCUT2D eigenvalue weighted by molar-refractivity contribution is 0.298. The van der Waals surface area contributed by atoms with Crippen molar-refractivity contribution in [3.05, 3.63) is 33.3 Å². The Morgan fingerprint density at radius 1 is 1.33 bits per heavy atom. The highest BCUT2D eigenvalue weighted by Crippen LogP contribution is 2.28. The lowest BCUT2D eigenvalue weighted by Gasteiger charge is -2.21. The van der Waals surface area contributed by atoms with Crippen molar-refractivity contribution in [1.29, 1.82) is 0 Å². The van der Waals surface area contributed by atoms with Gasteiger partial charge in [-0.3, -0.25) is 4.90 Å². The van der Waals surface area contributed by atoms with E-state index >= 15 is 0 Å². The summed E-state index contributed by atoms with van der Waals surface area (Å²) in [4.78, 5) is 2.63. The van der Waals surface area contributed by atoms with E-state index in [-0.39, 0.29) is 0 Å². The molecule has 4 heteroatoms. The topological polar surface area (TPSA) is 15.3 Å². The second-order valence-corrected chi connectivity index (χ2v) is 6.53. The van der Waals surface area contributed by atoms with Gasteiger partial charge in [-0.1, -0.05) is 17.7 Å². The first-order valence-electron chi connectivity index (χ1n) is 6.65. The van der Waals surface area contributed by atoms with Crippen LogP contribution in [0.2, 0.25) is 5.02 Å². The molecule has 1 aromatic rings. The minimum atomic E-state index is 0.662. The molecule has 0 spiro atoms. The average molecular weight is 330 g/mol. The van der Waals surface area contributed by atoms with Gasteiger partial charge < -0.3 is 5.32 Å². The zero-order chi connectivity index (χ0) is 12.5. The molecule has 2 unspecified atom stereocenters. The molecule has 1 N–H and O–H groups in total. The Hall–Kier alpha value is -0.0900. The molecule has 0 bridgehead atoms. The maximum atomic E-state index is 6.12. The molecule has 2 fully saturated rings. The van der Waals surface area contributed by atoms with Gasteiger partial charge in [0.05, 0.1) is 5.02 Å². The first-order chi connectivity index (χ1) is 8.74. The van der Waals surface area contributed by atoms with E-state index in [4.69, 9.17) is 11.6 Å². The Labute approximate surface area is 122 Å². The van der Waals surface area contributed by atoms with Crippen LogP contribution in [-0.2, 0) is 6.54 Å². The number of halogens is 2. The summed E-state index contributed by atoms with van der Waals surface area (Å²) in [5, 5.41) is 4.50. The molecule has 0 aliphatic carbocycles. The number of benzene rings is 1. The molecule has 0 saturated carbocycles. The standard InChI is InChI=1S/C14H18BrClN2/c15-11-4-3-10(8-12(11)16)9-17-13-5-7-18-6-1-2-14(13)18/h3-4,8,13-14,17H,1-2,5-7,9H2. The zero-order valence-corrected chi connectivity index (χ0v) is 12.7. The van der Waals surface area contributed by atoms with Crippen LogP contribution in [0.15, 0.2) is 22.7 Å². The van der Waals surface area contributed by atoms with Crippen LogP contribution in [-0.4, -0.2) is 30.1 Å². The Bertz CT molecular complexity index is 438. The van der Waals surface area contributed by atoms with Gasteiger partial charge in [0.15, 0.2) is 0 Å². The van der Waals surface area contributed by atoms with E-state index in [0.717, 1.165) is 22.1 Å². The summed E-state index contributed by atoms with van der Waals surface area (Å²) in [6, 6.07) is 7.63. The number of fused-ring (bicyclic) bond motifs is 1. The highest BCUT2D eigenvalue weighted by Gasteiger charge is 2.36. The van der Waals surface area contributed by atoms with E-state index in [1.807, 2.05) is 12.1 Å². The Morgan fingerprint density at radius 2 is 2.22 bits per heavy atom. The summed E-state index contributed by atoms with van der Waals surface area (Å²) in [6.07, 6.45) is 4.01. The highest BCUT2D eigenvalue weighted by molar-refractivity contribution is 9.10. The van der Waals surface area contributed by atoms with Crippen molar-refractivity contribution in [2.75, 3.05) is 13.1 Å². The maximum absolute atomic E-state index is 6.12. The average Bonchev–Trinajstić information content (AvgIpc) is 2.94. The molecule has 18 heavy (non-hydrogen) atoms. The third-order valence-corrected chi connectivity index (χ3v) is 5.39. The minimum absolute atomic E-state index is 0.662. The number of hydrogen-bond acceptors (Lipinski definition) is 2. The van der Waals surface area contributed by atoms with Crippen molar-refractivity contribution in [2.24, 2.45) is 0 Å². The zero-order valence-electron chi connectivity index (χ0n) is 10.3. The molecule has 2 atom stereocenters. The van der Waals surface area contributed by atoms with Gasteiger partial charge in [-0.05, 0) is 59.4 Å². The van der Waals surface area contributed by atoms with E-state index in [0.29, 0.717) is 6.04 Å². The van der Waals surface area contributed by atoms with E-state index in [2.05, 4.69) is 32.2 Å². The van der Waals surface area contributed by atoms with E-state index in [1.54, 1.807) is 0 Å². The third kappa shape index (κ3) is 2.60. The lowest BCUT2D eigenvalue weighted by Crippen LogP contribution is -2.38. The van der Waals surface area contributed by atoms with Crippen molar-refractivity contribution in [3.8, 4) is 0 Å². The summed E-state index contributed by atoms with van der Waals surface area (Å²) < 4.78 is 0.968. The number of rotatable bonds is 3. The predicted molar refractivity (Wildman–Crippen MR) is 79.0 cm³/mol. The van der Waals surface area contributed by atoms with Gasteiger partial charge in [0.2, 0.25) is 0 Å². The number of hydrogen-bond donors (Lipinski definition) is 1. The van der Waals surface area contributed by atoms with Crippen LogP contribution in [0.3, 0.4) is 0 Å². The Kier molecular flexibility index (Phi) is 3.94. The molecular weight excluding hydrogens is 312 g/mol. The third-order valence-electron chi connectivity index (χ3n) is 4.16. The van der Waals surface area contributed by atoms with Crippen LogP contribution in [0.25, 0.3) is 0 Å². The van der Waals surface area contributed by atoms with Gasteiger partial charge in [-0.25, -0.2) is 0 Å². The molecule has 1 aromatic carbocycles. The molecule has 2 heterocycles. The van der Waals surface area contributed by atoms with Gasteiger partial charge >= 0.3 is 0 Å². The molecule has 0 aromatic heterocycles. The van der Waals surface area contributed by atoms with E-state index in [1.165, 1.54) is 37.9 Å². The highest BCUT2D eigenvalue weighted by atomic mass is 79.9. The molecule has 0 radical (unpaired) electrons. The predicted octanol–water partition coefficient (Wildman–Crippen LogP) is 3.43. The minimum Gasteiger partial charge on any atom is -0.308 e. The quantitative estimate of drug-likeness (QED) is 0.914. The second-order valence-electron chi connectivity index (χ2n) is 5.27.